The van der Waals surface area contributed by atoms with Crippen molar-refractivity contribution in [3.63, 3.8) is 0 Å². The zero-order chi connectivity index (χ0) is 23.2. The number of nitrogens with zero attached hydrogens (tertiary/aromatic N) is 1. The number of hydrogen-bond acceptors (Lipinski definition) is 1. The lowest BCUT2D eigenvalue weighted by Crippen LogP contribution is -2.30. The van der Waals surface area contributed by atoms with Gasteiger partial charge in [0.2, 0.25) is 5.69 Å². The molecular weight excluding hydrogens is 421 g/mol. The first kappa shape index (κ1) is 20.4. The lowest BCUT2D eigenvalue weighted by Gasteiger charge is -2.08. The molecule has 2 heterocycles. The van der Waals surface area contributed by atoms with Gasteiger partial charge in [0.05, 0.1) is 5.56 Å². The van der Waals surface area contributed by atoms with Gasteiger partial charge in [0.15, 0.2) is 6.20 Å². The molecule has 0 saturated heterocycles. The molecule has 0 aliphatic rings. The number of pyridine rings is 1. The fraction of sp³-hybridized carbons (Fsp3) is 0.0645. The molecule has 3 heteroatoms. The Balaban J connectivity index is 1.60. The van der Waals surface area contributed by atoms with E-state index in [9.17, 15) is 0 Å². The smallest absolute Gasteiger partial charge is 0.212 e. The average molecular weight is 445 g/mol. The summed E-state index contributed by atoms with van der Waals surface area (Å²) in [5.74, 6) is -0.288. The Morgan fingerprint density at radius 1 is 0.735 bits per heavy atom. The molecule has 2 nitrogen and oxygen atoms in total. The Kier molecular flexibility index (Phi) is 4.77. The minimum absolute atomic E-state index is 0.288. The lowest BCUT2D eigenvalue weighted by molar-refractivity contribution is -0.660. The van der Waals surface area contributed by atoms with E-state index in [-0.39, 0.29) is 5.82 Å². The van der Waals surface area contributed by atoms with Gasteiger partial charge in [-0.15, -0.1) is 0 Å². The number of aromatic nitrogens is 1. The number of furan rings is 1. The van der Waals surface area contributed by atoms with Crippen LogP contribution < -0.4 is 4.57 Å². The van der Waals surface area contributed by atoms with Crippen molar-refractivity contribution < 1.29 is 13.4 Å². The maximum absolute atomic E-state index is 15.3. The Hall–Kier alpha value is -4.24. The van der Waals surface area contributed by atoms with Gasteiger partial charge in [0, 0.05) is 28.5 Å². The first-order chi connectivity index (χ1) is 16.6. The first-order valence-corrected chi connectivity index (χ1v) is 11.4. The molecule has 0 aliphatic carbocycles. The van der Waals surface area contributed by atoms with E-state index in [1.54, 1.807) is 6.07 Å². The minimum atomic E-state index is -0.288. The highest BCUT2D eigenvalue weighted by molar-refractivity contribution is 6.12. The van der Waals surface area contributed by atoms with Gasteiger partial charge in [-0.3, -0.25) is 0 Å². The second-order valence-electron chi connectivity index (χ2n) is 8.66. The SMILES string of the molecule is Cc1c(-c2cccc[n+]2C)ccc2oc3c(-c4cccc(-c5ccccc5)c4)c(F)ccc3c12. The largest absolute Gasteiger partial charge is 0.455 e. The van der Waals surface area contributed by atoms with Gasteiger partial charge < -0.3 is 4.42 Å². The van der Waals surface area contributed by atoms with Gasteiger partial charge in [-0.1, -0.05) is 48.5 Å². The van der Waals surface area contributed by atoms with Crippen LogP contribution in [0.1, 0.15) is 5.56 Å². The van der Waals surface area contributed by atoms with Crippen LogP contribution in [0.3, 0.4) is 0 Å². The predicted molar refractivity (Wildman–Crippen MR) is 136 cm³/mol. The van der Waals surface area contributed by atoms with Gasteiger partial charge in [-0.2, -0.15) is 0 Å². The molecule has 6 aromatic rings. The summed E-state index contributed by atoms with van der Waals surface area (Å²) < 4.78 is 23.7. The van der Waals surface area contributed by atoms with Crippen molar-refractivity contribution in [2.75, 3.05) is 0 Å². The topological polar surface area (TPSA) is 17.0 Å². The van der Waals surface area contributed by atoms with Crippen molar-refractivity contribution >= 4 is 21.9 Å². The monoisotopic (exact) mass is 444 g/mol. The standard InChI is InChI=1S/C31H23FNO/c1-20-24(27-13-6-7-18-33(27)2)15-17-28-29(20)25-14-16-26(32)30(31(25)34-28)23-12-8-11-22(19-23)21-9-4-3-5-10-21/h3-19H,1-2H3/q+1. The highest BCUT2D eigenvalue weighted by Gasteiger charge is 2.21. The Morgan fingerprint density at radius 2 is 1.50 bits per heavy atom. The van der Waals surface area contributed by atoms with E-state index in [0.717, 1.165) is 49.9 Å². The molecule has 0 radical (unpaired) electrons. The fourth-order valence-corrected chi connectivity index (χ4v) is 4.91. The Labute approximate surface area is 197 Å². The lowest BCUT2D eigenvalue weighted by atomic mass is 9.95. The summed E-state index contributed by atoms with van der Waals surface area (Å²) in [6.07, 6.45) is 2.04. The predicted octanol–water partition coefficient (Wildman–Crippen LogP) is 7.86. The Morgan fingerprint density at radius 3 is 2.32 bits per heavy atom. The molecule has 0 fully saturated rings. The quantitative estimate of drug-likeness (QED) is 0.254. The normalized spacial score (nSPS) is 11.4. The van der Waals surface area contributed by atoms with Crippen molar-refractivity contribution in [3.8, 4) is 33.5 Å². The number of benzene rings is 4. The number of hydrogen-bond donors (Lipinski definition) is 0. The van der Waals surface area contributed by atoms with Crippen LogP contribution in [0.2, 0.25) is 0 Å². The molecule has 34 heavy (non-hydrogen) atoms. The molecule has 0 aliphatic heterocycles. The summed E-state index contributed by atoms with van der Waals surface area (Å²) in [5.41, 5.74) is 8.16. The molecule has 0 unspecified atom stereocenters. The average Bonchev–Trinajstić information content (AvgIpc) is 3.25. The maximum Gasteiger partial charge on any atom is 0.212 e. The third kappa shape index (κ3) is 3.20. The number of rotatable bonds is 3. The molecule has 2 aromatic heterocycles. The zero-order valence-electron chi connectivity index (χ0n) is 19.0. The van der Waals surface area contributed by atoms with Crippen molar-refractivity contribution in [1.29, 1.82) is 0 Å². The summed E-state index contributed by atoms with van der Waals surface area (Å²) in [4.78, 5) is 0. The first-order valence-electron chi connectivity index (χ1n) is 11.4. The fourth-order valence-electron chi connectivity index (χ4n) is 4.91. The summed E-state index contributed by atoms with van der Waals surface area (Å²) in [5, 5.41) is 1.95. The Bertz CT molecular complexity index is 1680. The zero-order valence-corrected chi connectivity index (χ0v) is 19.0. The van der Waals surface area contributed by atoms with Crippen LogP contribution in [-0.4, -0.2) is 0 Å². The van der Waals surface area contributed by atoms with Gasteiger partial charge in [0.1, 0.15) is 24.0 Å². The highest BCUT2D eigenvalue weighted by atomic mass is 19.1. The van der Waals surface area contributed by atoms with Crippen molar-refractivity contribution in [3.05, 3.63) is 115 Å². The molecule has 0 bridgehead atoms. The molecule has 0 spiro atoms. The van der Waals surface area contributed by atoms with Crippen LogP contribution in [0.25, 0.3) is 55.4 Å². The van der Waals surface area contributed by atoms with Gasteiger partial charge >= 0.3 is 0 Å². The third-order valence-corrected chi connectivity index (χ3v) is 6.60. The van der Waals surface area contributed by atoms with E-state index in [0.29, 0.717) is 11.1 Å². The van der Waals surface area contributed by atoms with Crippen LogP contribution in [0.15, 0.2) is 108 Å². The number of halogens is 1. The molecular formula is C31H23FNO+. The second kappa shape index (κ2) is 7.96. The maximum atomic E-state index is 15.3. The van der Waals surface area contributed by atoms with Gasteiger partial charge in [-0.05, 0) is 65.6 Å². The van der Waals surface area contributed by atoms with Crippen molar-refractivity contribution in [2.45, 2.75) is 6.92 Å². The third-order valence-electron chi connectivity index (χ3n) is 6.60. The molecule has 4 aromatic carbocycles. The van der Waals surface area contributed by atoms with E-state index in [1.807, 2.05) is 80.0 Å². The highest BCUT2D eigenvalue weighted by Crippen LogP contribution is 2.41. The molecule has 0 amide bonds. The van der Waals surface area contributed by atoms with E-state index < -0.39 is 0 Å². The van der Waals surface area contributed by atoms with E-state index in [4.69, 9.17) is 4.42 Å². The molecule has 0 atom stereocenters. The summed E-state index contributed by atoms with van der Waals surface area (Å²) in [6.45, 7) is 2.11. The number of aryl methyl sites for hydroxylation is 2. The van der Waals surface area contributed by atoms with E-state index in [2.05, 4.69) is 35.8 Å². The van der Waals surface area contributed by atoms with Crippen molar-refractivity contribution in [1.82, 2.24) is 0 Å². The molecule has 6 rings (SSSR count). The van der Waals surface area contributed by atoms with E-state index >= 15 is 4.39 Å². The van der Waals surface area contributed by atoms with Gasteiger partial charge in [-0.25, -0.2) is 8.96 Å². The number of fused-ring (bicyclic) bond motifs is 3. The minimum Gasteiger partial charge on any atom is -0.455 e. The van der Waals surface area contributed by atoms with Crippen molar-refractivity contribution in [2.24, 2.45) is 7.05 Å². The second-order valence-corrected chi connectivity index (χ2v) is 8.66. The molecule has 164 valence electrons. The van der Waals surface area contributed by atoms with Gasteiger partial charge in [0.25, 0.3) is 0 Å². The van der Waals surface area contributed by atoms with Crippen LogP contribution in [0, 0.1) is 12.7 Å². The van der Waals surface area contributed by atoms with Crippen LogP contribution in [0.5, 0.6) is 0 Å². The van der Waals surface area contributed by atoms with Crippen LogP contribution in [0.4, 0.5) is 4.39 Å². The summed E-state index contributed by atoms with van der Waals surface area (Å²) >= 11 is 0. The van der Waals surface area contributed by atoms with Crippen LogP contribution in [-0.2, 0) is 7.05 Å². The van der Waals surface area contributed by atoms with E-state index in [1.165, 1.54) is 0 Å². The summed E-state index contributed by atoms with van der Waals surface area (Å²) in [7, 11) is 2.04. The molecule has 0 saturated carbocycles. The molecule has 0 N–H and O–H groups in total. The summed E-state index contributed by atoms with van der Waals surface area (Å²) in [6, 6.07) is 31.8. The van der Waals surface area contributed by atoms with Crippen LogP contribution >= 0.6 is 0 Å².